The van der Waals surface area contributed by atoms with Crippen molar-refractivity contribution in [3.05, 3.63) is 0 Å². The number of unbranched alkanes of at least 4 members (excludes halogenated alkanes) is 48. The minimum absolute atomic E-state index is 0.107. The van der Waals surface area contributed by atoms with Gasteiger partial charge >= 0.3 is 39.5 Å². The third-order valence-electron chi connectivity index (χ3n) is 19.1. The van der Waals surface area contributed by atoms with Crippen molar-refractivity contribution in [1.82, 2.24) is 0 Å². The fourth-order valence-corrected chi connectivity index (χ4v) is 13.9. The van der Waals surface area contributed by atoms with E-state index < -0.39 is 97.5 Å². The van der Waals surface area contributed by atoms with Crippen molar-refractivity contribution in [1.29, 1.82) is 0 Å². The molecule has 0 saturated carbocycles. The molecule has 19 heteroatoms. The topological polar surface area (TPSA) is 237 Å². The van der Waals surface area contributed by atoms with Crippen LogP contribution in [0.15, 0.2) is 0 Å². The number of hydrogen-bond acceptors (Lipinski definition) is 15. The Hall–Kier alpha value is -1.94. The average molecular weight is 1450 g/mol. The summed E-state index contributed by atoms with van der Waals surface area (Å²) in [5.74, 6) is -0.575. The summed E-state index contributed by atoms with van der Waals surface area (Å²) < 4.78 is 68.7. The van der Waals surface area contributed by atoms with Crippen LogP contribution in [0, 0.1) is 11.8 Å². The van der Waals surface area contributed by atoms with Gasteiger partial charge in [-0.3, -0.25) is 37.3 Å². The zero-order valence-electron chi connectivity index (χ0n) is 64.8. The van der Waals surface area contributed by atoms with Crippen LogP contribution in [-0.2, 0) is 65.4 Å². The summed E-state index contributed by atoms with van der Waals surface area (Å²) >= 11 is 0. The number of phosphoric acid groups is 2. The molecule has 99 heavy (non-hydrogen) atoms. The van der Waals surface area contributed by atoms with Gasteiger partial charge in [0.1, 0.15) is 19.3 Å². The van der Waals surface area contributed by atoms with E-state index in [2.05, 4.69) is 41.5 Å². The van der Waals surface area contributed by atoms with Crippen LogP contribution in [0.4, 0.5) is 0 Å². The first-order valence-corrected chi connectivity index (χ1v) is 44.5. The summed E-state index contributed by atoms with van der Waals surface area (Å²) in [5, 5.41) is 10.6. The van der Waals surface area contributed by atoms with Crippen LogP contribution >= 0.6 is 15.6 Å². The van der Waals surface area contributed by atoms with Gasteiger partial charge in [-0.25, -0.2) is 9.13 Å². The molecule has 6 atom stereocenters. The highest BCUT2D eigenvalue weighted by Crippen LogP contribution is 2.45. The van der Waals surface area contributed by atoms with Crippen LogP contribution in [0.25, 0.3) is 0 Å². The quantitative estimate of drug-likeness (QED) is 0.0222. The van der Waals surface area contributed by atoms with E-state index >= 15 is 0 Å². The largest absolute Gasteiger partial charge is 0.472 e. The van der Waals surface area contributed by atoms with Crippen molar-refractivity contribution in [2.75, 3.05) is 39.6 Å². The zero-order valence-corrected chi connectivity index (χ0v) is 66.6. The highest BCUT2D eigenvalue weighted by atomic mass is 31.2. The summed E-state index contributed by atoms with van der Waals surface area (Å²) in [7, 11) is -9.92. The van der Waals surface area contributed by atoms with Gasteiger partial charge in [0.25, 0.3) is 0 Å². The molecule has 588 valence electrons. The van der Waals surface area contributed by atoms with Gasteiger partial charge in [-0.15, -0.1) is 0 Å². The van der Waals surface area contributed by atoms with Crippen LogP contribution in [0.3, 0.4) is 0 Å². The molecule has 3 unspecified atom stereocenters. The lowest BCUT2D eigenvalue weighted by molar-refractivity contribution is -0.161. The SMILES string of the molecule is CCCCCCCCCCCCCCCCCCC(=O)OC[C@H](COP(=O)(O)OC[C@@H](O)COP(=O)(O)OC[C@@H](COC(=O)CCCCCCCCC(C)CC)OC(=O)CCCCCCCCCCCCCCCCC)OC(=O)CCCCCCCCCCCCCCCCCC(C)C. The van der Waals surface area contributed by atoms with Gasteiger partial charge in [0.05, 0.1) is 26.4 Å². The predicted molar refractivity (Wildman–Crippen MR) is 405 cm³/mol. The maximum Gasteiger partial charge on any atom is 0.472 e. The molecular weight excluding hydrogens is 1290 g/mol. The average Bonchev–Trinajstić information content (AvgIpc) is 0.953. The van der Waals surface area contributed by atoms with Gasteiger partial charge < -0.3 is 33.8 Å². The Morgan fingerprint density at radius 1 is 0.293 bits per heavy atom. The zero-order chi connectivity index (χ0) is 72.8. The van der Waals surface area contributed by atoms with E-state index in [1.807, 2.05) is 0 Å². The van der Waals surface area contributed by atoms with Gasteiger partial charge in [0.2, 0.25) is 0 Å². The molecule has 0 fully saturated rings. The molecule has 3 N–H and O–H groups in total. The third kappa shape index (κ3) is 72.8. The van der Waals surface area contributed by atoms with Crippen molar-refractivity contribution >= 4 is 39.5 Å². The fourth-order valence-electron chi connectivity index (χ4n) is 12.3. The molecule has 17 nitrogen and oxygen atoms in total. The number of esters is 4. The van der Waals surface area contributed by atoms with E-state index in [0.717, 1.165) is 108 Å². The molecule has 0 amide bonds. The van der Waals surface area contributed by atoms with Gasteiger partial charge in [0.15, 0.2) is 12.2 Å². The first kappa shape index (κ1) is 97.1. The molecule has 0 heterocycles. The van der Waals surface area contributed by atoms with E-state index in [4.69, 9.17) is 37.0 Å². The Morgan fingerprint density at radius 2 is 0.515 bits per heavy atom. The number of carbonyl (C=O) groups is 4. The van der Waals surface area contributed by atoms with E-state index in [0.29, 0.717) is 25.7 Å². The second-order valence-corrected chi connectivity index (χ2v) is 32.4. The lowest BCUT2D eigenvalue weighted by atomic mass is 10.00. The third-order valence-corrected chi connectivity index (χ3v) is 21.0. The molecule has 0 saturated heterocycles. The molecule has 0 aliphatic carbocycles. The standard InChI is InChI=1S/C80H156O17P2/c1-7-10-12-14-16-18-20-22-24-28-31-35-39-43-50-56-62-77(82)90-68-75(96-79(84)64-59-53-45-41-37-33-29-25-27-30-34-38-42-48-54-60-72(4)5)70-94-98(86,87)92-66-74(81)67-93-99(88,89)95-71-76(69-91-78(83)63-57-51-47-46-49-55-61-73(6)9-3)97-80(85)65-58-52-44-40-36-32-26-23-21-19-17-15-13-11-8-2/h72-76,81H,7-71H2,1-6H3,(H,86,87)(H,88,89)/t73?,74-,75-,76-/m1/s1. The molecule has 0 aromatic carbocycles. The minimum Gasteiger partial charge on any atom is -0.462 e. The number of hydrogen-bond donors (Lipinski definition) is 3. The predicted octanol–water partition coefficient (Wildman–Crippen LogP) is 23.9. The Kier molecular flexibility index (Phi) is 70.3. The summed E-state index contributed by atoms with van der Waals surface area (Å²) in [4.78, 5) is 73.0. The summed E-state index contributed by atoms with van der Waals surface area (Å²) in [6.07, 6.45) is 61.0. The maximum absolute atomic E-state index is 13.1. The number of rotatable bonds is 79. The van der Waals surface area contributed by atoms with E-state index in [9.17, 15) is 43.2 Å². The van der Waals surface area contributed by atoms with Crippen LogP contribution < -0.4 is 0 Å². The van der Waals surface area contributed by atoms with Gasteiger partial charge in [-0.05, 0) is 37.5 Å². The molecule has 0 aromatic heterocycles. The number of aliphatic hydroxyl groups excluding tert-OH is 1. The molecule has 0 radical (unpaired) electrons. The summed E-state index contributed by atoms with van der Waals surface area (Å²) in [6.45, 7) is 9.62. The Morgan fingerprint density at radius 3 is 0.768 bits per heavy atom. The van der Waals surface area contributed by atoms with Gasteiger partial charge in [-0.1, -0.05) is 369 Å². The molecule has 0 bridgehead atoms. The summed E-state index contributed by atoms with van der Waals surface area (Å²) in [6, 6.07) is 0. The highest BCUT2D eigenvalue weighted by molar-refractivity contribution is 7.47. The Labute approximate surface area is 607 Å². The van der Waals surface area contributed by atoms with E-state index in [-0.39, 0.29) is 25.7 Å². The second-order valence-electron chi connectivity index (χ2n) is 29.5. The number of aliphatic hydroxyl groups is 1. The van der Waals surface area contributed by atoms with E-state index in [1.165, 1.54) is 231 Å². The second kappa shape index (κ2) is 71.7. The van der Waals surface area contributed by atoms with E-state index in [1.54, 1.807) is 0 Å². The minimum atomic E-state index is -4.96. The number of phosphoric ester groups is 2. The van der Waals surface area contributed by atoms with Crippen molar-refractivity contribution in [3.63, 3.8) is 0 Å². The first-order chi connectivity index (χ1) is 47.9. The lowest BCUT2D eigenvalue weighted by Crippen LogP contribution is -2.30. The van der Waals surface area contributed by atoms with Gasteiger partial charge in [0, 0.05) is 25.7 Å². The van der Waals surface area contributed by atoms with Crippen LogP contribution in [0.5, 0.6) is 0 Å². The molecular formula is C80H156O17P2. The molecule has 0 rings (SSSR count). The number of carbonyl (C=O) groups excluding carboxylic acids is 4. The van der Waals surface area contributed by atoms with Crippen LogP contribution in [0.2, 0.25) is 0 Å². The summed E-state index contributed by atoms with van der Waals surface area (Å²) in [5.41, 5.74) is 0. The van der Waals surface area contributed by atoms with Crippen molar-refractivity contribution in [2.24, 2.45) is 11.8 Å². The molecule has 0 spiro atoms. The Balaban J connectivity index is 5.25. The number of ether oxygens (including phenoxy) is 4. The Bertz CT molecular complexity index is 1910. The molecule has 0 aliphatic heterocycles. The smallest absolute Gasteiger partial charge is 0.462 e. The molecule has 0 aliphatic rings. The first-order valence-electron chi connectivity index (χ1n) is 41.5. The monoisotopic (exact) mass is 1450 g/mol. The molecule has 0 aromatic rings. The maximum atomic E-state index is 13.1. The van der Waals surface area contributed by atoms with Crippen molar-refractivity contribution in [3.8, 4) is 0 Å². The lowest BCUT2D eigenvalue weighted by Gasteiger charge is -2.21. The highest BCUT2D eigenvalue weighted by Gasteiger charge is 2.30. The van der Waals surface area contributed by atoms with Crippen molar-refractivity contribution < 1.29 is 80.2 Å². The van der Waals surface area contributed by atoms with Crippen LogP contribution in [0.1, 0.15) is 420 Å². The van der Waals surface area contributed by atoms with Crippen LogP contribution in [-0.4, -0.2) is 96.7 Å². The van der Waals surface area contributed by atoms with Crippen molar-refractivity contribution in [2.45, 2.75) is 439 Å². The van der Waals surface area contributed by atoms with Gasteiger partial charge in [-0.2, -0.15) is 0 Å². The normalized spacial score (nSPS) is 14.2. The fraction of sp³-hybridized carbons (Fsp3) is 0.950.